The van der Waals surface area contributed by atoms with Crippen LogP contribution in [0.1, 0.15) is 12.8 Å². The van der Waals surface area contributed by atoms with Gasteiger partial charge in [0.2, 0.25) is 10.0 Å². The van der Waals surface area contributed by atoms with Crippen LogP contribution in [0.15, 0.2) is 34.1 Å². The van der Waals surface area contributed by atoms with E-state index in [4.69, 9.17) is 4.74 Å². The molecule has 3 rings (SSSR count). The van der Waals surface area contributed by atoms with Crippen LogP contribution in [0.4, 0.5) is 0 Å². The molecule has 0 spiro atoms. The summed E-state index contributed by atoms with van der Waals surface area (Å²) < 4.78 is 55.2. The van der Waals surface area contributed by atoms with Crippen LogP contribution in [0.2, 0.25) is 0 Å². The second-order valence-corrected chi connectivity index (χ2v) is 10.4. The summed E-state index contributed by atoms with van der Waals surface area (Å²) in [6, 6.07) is 5.18. The zero-order valence-corrected chi connectivity index (χ0v) is 16.1. The highest BCUT2D eigenvalue weighted by Gasteiger charge is 2.34. The summed E-state index contributed by atoms with van der Waals surface area (Å²) in [5.74, 6) is -0.0722. The molecule has 2 aliphatic heterocycles. The maximum absolute atomic E-state index is 12.7. The summed E-state index contributed by atoms with van der Waals surface area (Å²) >= 11 is 0. The molecule has 0 N–H and O–H groups in total. The number of hydrogen-bond acceptors (Lipinski definition) is 6. The Kier molecular flexibility index (Phi) is 5.38. The smallest absolute Gasteiger partial charge is 0.251 e. The fourth-order valence-corrected chi connectivity index (χ4v) is 5.19. The van der Waals surface area contributed by atoms with E-state index >= 15 is 0 Å². The molecular formula is C16H22N2O6S2. The van der Waals surface area contributed by atoms with Crippen LogP contribution >= 0.6 is 0 Å². The van der Waals surface area contributed by atoms with Crippen molar-refractivity contribution in [1.82, 2.24) is 9.21 Å². The van der Waals surface area contributed by atoms with Gasteiger partial charge in [-0.1, -0.05) is 0 Å². The fourth-order valence-electron chi connectivity index (χ4n) is 3.13. The minimum Gasteiger partial charge on any atom is -0.368 e. The van der Waals surface area contributed by atoms with Gasteiger partial charge in [-0.3, -0.25) is 4.79 Å². The van der Waals surface area contributed by atoms with E-state index in [1.54, 1.807) is 4.90 Å². The molecule has 2 saturated heterocycles. The maximum Gasteiger partial charge on any atom is 0.251 e. The molecule has 0 aromatic heterocycles. The van der Waals surface area contributed by atoms with E-state index in [1.807, 2.05) is 0 Å². The Labute approximate surface area is 153 Å². The van der Waals surface area contributed by atoms with E-state index in [9.17, 15) is 21.6 Å². The molecule has 144 valence electrons. The predicted octanol–water partition coefficient (Wildman–Crippen LogP) is 0.102. The molecule has 1 aromatic carbocycles. The van der Waals surface area contributed by atoms with Crippen LogP contribution in [0.5, 0.6) is 0 Å². The lowest BCUT2D eigenvalue weighted by Gasteiger charge is -2.35. The molecule has 1 amide bonds. The number of carbonyl (C=O) groups excluding carboxylic acids is 1. The Balaban J connectivity index is 1.67. The van der Waals surface area contributed by atoms with Gasteiger partial charge in [0.15, 0.2) is 9.84 Å². The van der Waals surface area contributed by atoms with E-state index in [0.29, 0.717) is 26.1 Å². The number of sulfonamides is 1. The standard InChI is InChI=1S/C16H22N2O6S2/c1-25(20,21)13-4-6-14(7-5-13)26(22,23)18-10-8-17(9-11-18)16(19)15-3-2-12-24-15/h4-7,15H,2-3,8-12H2,1H3/t15-/m0/s1. The zero-order chi connectivity index (χ0) is 18.9. The first-order chi connectivity index (χ1) is 12.2. The molecular weight excluding hydrogens is 380 g/mol. The topological polar surface area (TPSA) is 101 Å². The number of amides is 1. The second-order valence-electron chi connectivity index (χ2n) is 6.47. The largest absolute Gasteiger partial charge is 0.368 e. The van der Waals surface area contributed by atoms with Crippen molar-refractivity contribution in [3.8, 4) is 0 Å². The average Bonchev–Trinajstić information content (AvgIpc) is 3.15. The molecule has 0 unspecified atom stereocenters. The van der Waals surface area contributed by atoms with Crippen LogP contribution in [0.25, 0.3) is 0 Å². The van der Waals surface area contributed by atoms with Crippen molar-refractivity contribution in [3.05, 3.63) is 24.3 Å². The Morgan fingerprint density at radius 1 is 1.00 bits per heavy atom. The fraction of sp³-hybridized carbons (Fsp3) is 0.562. The molecule has 2 fully saturated rings. The lowest BCUT2D eigenvalue weighted by atomic mass is 10.2. The molecule has 0 bridgehead atoms. The lowest BCUT2D eigenvalue weighted by molar-refractivity contribution is -0.142. The number of carbonyl (C=O) groups is 1. The van der Waals surface area contributed by atoms with E-state index < -0.39 is 26.0 Å². The van der Waals surface area contributed by atoms with Crippen molar-refractivity contribution >= 4 is 25.8 Å². The summed E-state index contributed by atoms with van der Waals surface area (Å²) in [6.07, 6.45) is 2.25. The third kappa shape index (κ3) is 3.93. The van der Waals surface area contributed by atoms with Crippen LogP contribution in [-0.2, 0) is 29.4 Å². The van der Waals surface area contributed by atoms with Crippen LogP contribution in [0.3, 0.4) is 0 Å². The van der Waals surface area contributed by atoms with Gasteiger partial charge in [-0.15, -0.1) is 0 Å². The van der Waals surface area contributed by atoms with Crippen molar-refractivity contribution in [2.24, 2.45) is 0 Å². The molecule has 1 atom stereocenters. The van der Waals surface area contributed by atoms with Crippen LogP contribution in [0, 0.1) is 0 Å². The van der Waals surface area contributed by atoms with Gasteiger partial charge >= 0.3 is 0 Å². The summed E-state index contributed by atoms with van der Waals surface area (Å²) in [4.78, 5) is 14.1. The van der Waals surface area contributed by atoms with E-state index in [1.165, 1.54) is 28.6 Å². The molecule has 10 heteroatoms. The van der Waals surface area contributed by atoms with Crippen molar-refractivity contribution in [3.63, 3.8) is 0 Å². The van der Waals surface area contributed by atoms with Crippen molar-refractivity contribution in [1.29, 1.82) is 0 Å². The summed E-state index contributed by atoms with van der Waals surface area (Å²) in [5, 5.41) is 0. The predicted molar refractivity (Wildman–Crippen MR) is 93.9 cm³/mol. The molecule has 0 aliphatic carbocycles. The first-order valence-electron chi connectivity index (χ1n) is 8.40. The number of nitrogens with zero attached hydrogens (tertiary/aromatic N) is 2. The van der Waals surface area contributed by atoms with E-state index in [0.717, 1.165) is 12.7 Å². The third-order valence-electron chi connectivity index (χ3n) is 4.65. The van der Waals surface area contributed by atoms with Gasteiger partial charge in [0, 0.05) is 39.0 Å². The molecule has 8 nitrogen and oxygen atoms in total. The SMILES string of the molecule is CS(=O)(=O)c1ccc(S(=O)(=O)N2CCN(C(=O)[C@@H]3CCCO3)CC2)cc1. The van der Waals surface area contributed by atoms with Gasteiger partial charge < -0.3 is 9.64 Å². The van der Waals surface area contributed by atoms with Gasteiger partial charge in [0.05, 0.1) is 9.79 Å². The van der Waals surface area contributed by atoms with Crippen LogP contribution in [-0.4, -0.2) is 77.1 Å². The molecule has 2 aliphatic rings. The summed E-state index contributed by atoms with van der Waals surface area (Å²) in [6.45, 7) is 1.64. The van der Waals surface area contributed by atoms with Crippen molar-refractivity contribution in [2.75, 3.05) is 39.0 Å². The Hall–Kier alpha value is -1.49. The average molecular weight is 402 g/mol. The number of ether oxygens (including phenoxy) is 1. The van der Waals surface area contributed by atoms with Gasteiger partial charge in [-0.2, -0.15) is 4.31 Å². The summed E-state index contributed by atoms with van der Waals surface area (Å²) in [7, 11) is -7.10. The van der Waals surface area contributed by atoms with Crippen molar-refractivity contribution < 1.29 is 26.4 Å². The van der Waals surface area contributed by atoms with Crippen LogP contribution < -0.4 is 0 Å². The van der Waals surface area contributed by atoms with E-state index in [-0.39, 0.29) is 28.8 Å². The maximum atomic E-state index is 12.7. The van der Waals surface area contributed by atoms with Gasteiger partial charge in [-0.05, 0) is 37.1 Å². The second kappa shape index (κ2) is 7.26. The minimum absolute atomic E-state index is 0.0452. The van der Waals surface area contributed by atoms with E-state index in [2.05, 4.69) is 0 Å². The van der Waals surface area contributed by atoms with Gasteiger partial charge in [0.25, 0.3) is 5.91 Å². The number of hydrogen-bond donors (Lipinski definition) is 0. The first kappa shape index (κ1) is 19.3. The molecule has 1 aromatic rings. The van der Waals surface area contributed by atoms with Gasteiger partial charge in [-0.25, -0.2) is 16.8 Å². The number of benzene rings is 1. The highest BCUT2D eigenvalue weighted by Crippen LogP contribution is 2.21. The van der Waals surface area contributed by atoms with Gasteiger partial charge in [0.1, 0.15) is 6.10 Å². The number of sulfone groups is 1. The third-order valence-corrected chi connectivity index (χ3v) is 7.69. The minimum atomic E-state index is -3.72. The highest BCUT2D eigenvalue weighted by atomic mass is 32.2. The molecule has 0 saturated carbocycles. The lowest BCUT2D eigenvalue weighted by Crippen LogP contribution is -2.52. The molecule has 2 heterocycles. The quantitative estimate of drug-likeness (QED) is 0.708. The first-order valence-corrected chi connectivity index (χ1v) is 11.7. The molecule has 0 radical (unpaired) electrons. The number of rotatable bonds is 4. The normalized spacial score (nSPS) is 22.5. The number of piperazine rings is 1. The summed E-state index contributed by atoms with van der Waals surface area (Å²) in [5.41, 5.74) is 0. The Morgan fingerprint density at radius 3 is 2.08 bits per heavy atom. The monoisotopic (exact) mass is 402 g/mol. The zero-order valence-electron chi connectivity index (χ0n) is 14.5. The highest BCUT2D eigenvalue weighted by molar-refractivity contribution is 7.90. The molecule has 26 heavy (non-hydrogen) atoms. The van der Waals surface area contributed by atoms with Crippen molar-refractivity contribution in [2.45, 2.75) is 28.7 Å². The Morgan fingerprint density at radius 2 is 1.58 bits per heavy atom. The Bertz CT molecular complexity index is 866.